The Bertz CT molecular complexity index is 298. The van der Waals surface area contributed by atoms with Gasteiger partial charge in [-0.25, -0.2) is 0 Å². The van der Waals surface area contributed by atoms with Gasteiger partial charge < -0.3 is 5.73 Å². The Kier molecular flexibility index (Phi) is 5.53. The molecule has 2 heteroatoms. The highest BCUT2D eigenvalue weighted by molar-refractivity contribution is 5.00. The van der Waals surface area contributed by atoms with Crippen molar-refractivity contribution < 1.29 is 0 Å². The largest absolute Gasteiger partial charge is 0.326 e. The molecule has 2 fully saturated rings. The van der Waals surface area contributed by atoms with Crippen molar-refractivity contribution in [2.45, 2.75) is 84.2 Å². The molecule has 5 atom stereocenters. The summed E-state index contributed by atoms with van der Waals surface area (Å²) in [7, 11) is 0. The van der Waals surface area contributed by atoms with Gasteiger partial charge in [0.15, 0.2) is 0 Å². The van der Waals surface area contributed by atoms with Crippen molar-refractivity contribution in [2.24, 2.45) is 23.5 Å². The molecule has 2 rings (SSSR count). The summed E-state index contributed by atoms with van der Waals surface area (Å²) in [4.78, 5) is 2.71. The molecule has 0 spiro atoms. The third-order valence-electron chi connectivity index (χ3n) is 6.66. The topological polar surface area (TPSA) is 29.3 Å². The van der Waals surface area contributed by atoms with Crippen LogP contribution in [0.4, 0.5) is 0 Å². The van der Waals surface area contributed by atoms with Crippen LogP contribution < -0.4 is 5.73 Å². The number of nitrogens with zero attached hydrogens (tertiary/aromatic N) is 1. The van der Waals surface area contributed by atoms with Crippen LogP contribution in [0, 0.1) is 17.8 Å². The summed E-state index contributed by atoms with van der Waals surface area (Å²) in [5.41, 5.74) is 7.05. The Morgan fingerprint density at radius 1 is 1.10 bits per heavy atom. The molecule has 2 nitrogen and oxygen atoms in total. The highest BCUT2D eigenvalue weighted by Crippen LogP contribution is 2.39. The van der Waals surface area contributed by atoms with Crippen LogP contribution in [0.25, 0.3) is 0 Å². The third-order valence-corrected chi connectivity index (χ3v) is 6.66. The average Bonchev–Trinajstić information content (AvgIpc) is 2.49. The first-order valence-corrected chi connectivity index (χ1v) is 8.99. The van der Waals surface area contributed by atoms with E-state index in [9.17, 15) is 0 Å². The van der Waals surface area contributed by atoms with Crippen molar-refractivity contribution in [3.63, 3.8) is 0 Å². The van der Waals surface area contributed by atoms with E-state index in [-0.39, 0.29) is 5.54 Å². The third kappa shape index (κ3) is 3.22. The van der Waals surface area contributed by atoms with E-state index in [1.807, 2.05) is 0 Å². The van der Waals surface area contributed by atoms with Gasteiger partial charge in [-0.1, -0.05) is 33.6 Å². The van der Waals surface area contributed by atoms with E-state index in [1.165, 1.54) is 58.0 Å². The fourth-order valence-electron chi connectivity index (χ4n) is 4.50. The minimum Gasteiger partial charge on any atom is -0.326 e. The summed E-state index contributed by atoms with van der Waals surface area (Å²) in [5, 5.41) is 0. The van der Waals surface area contributed by atoms with Crippen LogP contribution in [0.1, 0.15) is 72.6 Å². The van der Waals surface area contributed by atoms with E-state index in [4.69, 9.17) is 5.73 Å². The summed E-state index contributed by atoms with van der Waals surface area (Å²) in [5.74, 6) is 2.47. The van der Waals surface area contributed by atoms with Crippen molar-refractivity contribution in [3.05, 3.63) is 0 Å². The number of hydrogen-bond donors (Lipinski definition) is 1. The van der Waals surface area contributed by atoms with Crippen LogP contribution >= 0.6 is 0 Å². The Morgan fingerprint density at radius 3 is 2.30 bits per heavy atom. The fraction of sp³-hybridized carbons (Fsp3) is 1.00. The van der Waals surface area contributed by atoms with Crippen LogP contribution in [-0.2, 0) is 0 Å². The van der Waals surface area contributed by atoms with Crippen molar-refractivity contribution in [3.8, 4) is 0 Å². The molecule has 0 bridgehead atoms. The maximum Gasteiger partial charge on any atom is 0.0332 e. The normalized spacial score (nSPS) is 37.4. The molecule has 0 aromatic heterocycles. The molecule has 0 radical (unpaired) electrons. The first-order valence-electron chi connectivity index (χ1n) is 8.99. The zero-order valence-corrected chi connectivity index (χ0v) is 14.2. The highest BCUT2D eigenvalue weighted by atomic mass is 15.2. The van der Waals surface area contributed by atoms with Crippen molar-refractivity contribution in [1.29, 1.82) is 0 Å². The predicted octanol–water partition coefficient (Wildman–Crippen LogP) is 4.04. The smallest absolute Gasteiger partial charge is 0.0332 e. The SMILES string of the molecule is CCC(C)(C(N)C1CCC(C)C(C)C1)N1CCCCC1. The summed E-state index contributed by atoms with van der Waals surface area (Å²) in [6, 6.07) is 0.348. The fourth-order valence-corrected chi connectivity index (χ4v) is 4.50. The second-order valence-corrected chi connectivity index (χ2v) is 7.81. The molecule has 0 aromatic rings. The van der Waals surface area contributed by atoms with Gasteiger partial charge in [-0.2, -0.15) is 0 Å². The molecule has 2 N–H and O–H groups in total. The number of nitrogens with two attached hydrogens (primary N) is 1. The standard InChI is InChI=1S/C18H36N2/c1-5-18(4,20-11-7-6-8-12-20)17(19)16-10-9-14(2)15(3)13-16/h14-17H,5-13,19H2,1-4H3. The molecule has 1 heterocycles. The molecule has 5 unspecified atom stereocenters. The van der Waals surface area contributed by atoms with Crippen LogP contribution in [0.15, 0.2) is 0 Å². The lowest BCUT2D eigenvalue weighted by atomic mass is 9.68. The lowest BCUT2D eigenvalue weighted by Gasteiger charge is -2.50. The monoisotopic (exact) mass is 280 g/mol. The van der Waals surface area contributed by atoms with Gasteiger partial charge in [0.25, 0.3) is 0 Å². The van der Waals surface area contributed by atoms with E-state index in [0.717, 1.165) is 17.8 Å². The molecular formula is C18H36N2. The van der Waals surface area contributed by atoms with Gasteiger partial charge in [-0.05, 0) is 69.9 Å². The minimum absolute atomic E-state index is 0.214. The molecule has 2 aliphatic rings. The highest BCUT2D eigenvalue weighted by Gasteiger charge is 2.42. The Balaban J connectivity index is 2.05. The lowest BCUT2D eigenvalue weighted by Crippen LogP contribution is -2.62. The first kappa shape index (κ1) is 16.3. The Hall–Kier alpha value is -0.0800. The number of hydrogen-bond acceptors (Lipinski definition) is 2. The second kappa shape index (κ2) is 6.79. The zero-order chi connectivity index (χ0) is 14.8. The molecule has 1 aliphatic heterocycles. The molecular weight excluding hydrogens is 244 g/mol. The van der Waals surface area contributed by atoms with Crippen molar-refractivity contribution in [2.75, 3.05) is 13.1 Å². The van der Waals surface area contributed by atoms with E-state index in [1.54, 1.807) is 0 Å². The van der Waals surface area contributed by atoms with Crippen LogP contribution in [0.2, 0.25) is 0 Å². The molecule has 20 heavy (non-hydrogen) atoms. The van der Waals surface area contributed by atoms with E-state index < -0.39 is 0 Å². The Morgan fingerprint density at radius 2 is 1.75 bits per heavy atom. The van der Waals surface area contributed by atoms with E-state index >= 15 is 0 Å². The summed E-state index contributed by atoms with van der Waals surface area (Å²) >= 11 is 0. The second-order valence-electron chi connectivity index (χ2n) is 7.81. The number of rotatable bonds is 4. The Labute approximate surface area is 126 Å². The van der Waals surface area contributed by atoms with Crippen LogP contribution in [0.3, 0.4) is 0 Å². The van der Waals surface area contributed by atoms with Gasteiger partial charge in [0, 0.05) is 11.6 Å². The summed E-state index contributed by atoms with van der Waals surface area (Å²) < 4.78 is 0. The van der Waals surface area contributed by atoms with Crippen LogP contribution in [0.5, 0.6) is 0 Å². The maximum absolute atomic E-state index is 6.83. The molecule has 0 aromatic carbocycles. The number of likely N-dealkylation sites (tertiary alicyclic amines) is 1. The molecule has 1 saturated carbocycles. The first-order chi connectivity index (χ1) is 9.49. The maximum atomic E-state index is 6.83. The molecule has 0 amide bonds. The predicted molar refractivity (Wildman–Crippen MR) is 87.8 cm³/mol. The summed E-state index contributed by atoms with van der Waals surface area (Å²) in [6.07, 6.45) is 9.38. The van der Waals surface area contributed by atoms with Gasteiger partial charge in [0.2, 0.25) is 0 Å². The van der Waals surface area contributed by atoms with Crippen molar-refractivity contribution >= 4 is 0 Å². The van der Waals surface area contributed by atoms with Gasteiger partial charge >= 0.3 is 0 Å². The van der Waals surface area contributed by atoms with Crippen LogP contribution in [-0.4, -0.2) is 29.6 Å². The van der Waals surface area contributed by atoms with Crippen molar-refractivity contribution in [1.82, 2.24) is 4.90 Å². The van der Waals surface area contributed by atoms with Gasteiger partial charge in [-0.15, -0.1) is 0 Å². The lowest BCUT2D eigenvalue weighted by molar-refractivity contribution is 0.0215. The average molecular weight is 280 g/mol. The van der Waals surface area contributed by atoms with Gasteiger partial charge in [0.1, 0.15) is 0 Å². The molecule has 118 valence electrons. The van der Waals surface area contributed by atoms with E-state index in [2.05, 4.69) is 32.6 Å². The zero-order valence-electron chi connectivity index (χ0n) is 14.2. The minimum atomic E-state index is 0.214. The number of piperidine rings is 1. The summed E-state index contributed by atoms with van der Waals surface area (Å²) in [6.45, 7) is 12.1. The molecule has 1 aliphatic carbocycles. The van der Waals surface area contributed by atoms with Gasteiger partial charge in [0.05, 0.1) is 0 Å². The molecule has 1 saturated heterocycles. The van der Waals surface area contributed by atoms with E-state index in [0.29, 0.717) is 6.04 Å². The van der Waals surface area contributed by atoms with Gasteiger partial charge in [-0.3, -0.25) is 4.90 Å². The quantitative estimate of drug-likeness (QED) is 0.842.